The van der Waals surface area contributed by atoms with Gasteiger partial charge in [0.05, 0.1) is 6.26 Å². The van der Waals surface area contributed by atoms with E-state index >= 15 is 0 Å². The van der Waals surface area contributed by atoms with Gasteiger partial charge in [0.2, 0.25) is 11.8 Å². The van der Waals surface area contributed by atoms with Gasteiger partial charge in [0.1, 0.15) is 0 Å². The number of nitrogens with zero attached hydrogens (tertiary/aromatic N) is 6. The fourth-order valence-corrected chi connectivity index (χ4v) is 1.95. The van der Waals surface area contributed by atoms with Crippen LogP contribution in [0.3, 0.4) is 0 Å². The smallest absolute Gasteiger partial charge is 0.258 e. The summed E-state index contributed by atoms with van der Waals surface area (Å²) in [6.45, 7) is 0. The van der Waals surface area contributed by atoms with E-state index in [9.17, 15) is 0 Å². The van der Waals surface area contributed by atoms with Crippen molar-refractivity contribution >= 4 is 11.7 Å². The zero-order valence-corrected chi connectivity index (χ0v) is 10.7. The molecule has 0 saturated heterocycles. The third-order valence-electron chi connectivity index (χ3n) is 2.91. The number of pyridine rings is 1. The van der Waals surface area contributed by atoms with Crippen LogP contribution >= 0.6 is 0 Å². The molecule has 4 aromatic heterocycles. The van der Waals surface area contributed by atoms with E-state index in [2.05, 4.69) is 25.0 Å². The lowest BCUT2D eigenvalue weighted by molar-refractivity contribution is 0.577. The molecule has 0 spiro atoms. The van der Waals surface area contributed by atoms with Crippen LogP contribution in [0.4, 0.5) is 5.95 Å². The average molecular weight is 279 g/mol. The molecular formula is C13H9N7O. The Balaban J connectivity index is 1.90. The number of rotatable bonds is 2. The van der Waals surface area contributed by atoms with Crippen LogP contribution in [0.5, 0.6) is 0 Å². The number of nitrogens with two attached hydrogens (primary N) is 1. The zero-order chi connectivity index (χ0) is 14.2. The fraction of sp³-hybridized carbons (Fsp3) is 0. The van der Waals surface area contributed by atoms with Gasteiger partial charge in [-0.2, -0.15) is 19.5 Å². The molecule has 2 N–H and O–H groups in total. The Morgan fingerprint density at radius 1 is 1.00 bits per heavy atom. The van der Waals surface area contributed by atoms with E-state index in [1.165, 1.54) is 4.52 Å². The van der Waals surface area contributed by atoms with E-state index < -0.39 is 0 Å². The lowest BCUT2D eigenvalue weighted by Gasteiger charge is -2.01. The van der Waals surface area contributed by atoms with Gasteiger partial charge in [-0.25, -0.2) is 0 Å². The molecule has 8 heteroatoms. The van der Waals surface area contributed by atoms with Crippen LogP contribution in [0.25, 0.3) is 28.8 Å². The van der Waals surface area contributed by atoms with Crippen LogP contribution in [0, 0.1) is 0 Å². The number of anilines is 1. The molecule has 0 aromatic carbocycles. The molecule has 0 aliphatic carbocycles. The minimum atomic E-state index is 0.206. The summed E-state index contributed by atoms with van der Waals surface area (Å²) < 4.78 is 6.65. The third kappa shape index (κ3) is 1.89. The van der Waals surface area contributed by atoms with E-state index in [-0.39, 0.29) is 5.95 Å². The molecule has 0 bridgehead atoms. The van der Waals surface area contributed by atoms with Crippen molar-refractivity contribution in [1.29, 1.82) is 0 Å². The Bertz CT molecular complexity index is 899. The van der Waals surface area contributed by atoms with Crippen LogP contribution in [0.15, 0.2) is 47.3 Å². The lowest BCUT2D eigenvalue weighted by atomic mass is 10.2. The van der Waals surface area contributed by atoms with Gasteiger partial charge in [-0.1, -0.05) is 0 Å². The van der Waals surface area contributed by atoms with Crippen molar-refractivity contribution in [2.45, 2.75) is 0 Å². The summed E-state index contributed by atoms with van der Waals surface area (Å²) in [5.41, 5.74) is 6.73. The van der Waals surface area contributed by atoms with Gasteiger partial charge >= 0.3 is 0 Å². The number of fused-ring (bicyclic) bond motifs is 1. The summed E-state index contributed by atoms with van der Waals surface area (Å²) in [6, 6.07) is 7.13. The number of aromatic nitrogens is 6. The quantitative estimate of drug-likeness (QED) is 0.591. The molecule has 4 rings (SSSR count). The lowest BCUT2D eigenvalue weighted by Crippen LogP contribution is -2.05. The van der Waals surface area contributed by atoms with Gasteiger partial charge in [-0.05, 0) is 24.3 Å². The molecule has 102 valence electrons. The maximum absolute atomic E-state index is 5.92. The second-order valence-corrected chi connectivity index (χ2v) is 4.27. The summed E-state index contributed by atoms with van der Waals surface area (Å²) in [6.07, 6.45) is 4.88. The molecule has 0 atom stereocenters. The number of hydrogen-bond donors (Lipinski definition) is 1. The van der Waals surface area contributed by atoms with Gasteiger partial charge in [0, 0.05) is 18.0 Å². The summed E-state index contributed by atoms with van der Waals surface area (Å²) in [5, 5.41) is 4.24. The van der Waals surface area contributed by atoms with Crippen molar-refractivity contribution in [3.05, 3.63) is 42.9 Å². The highest BCUT2D eigenvalue weighted by Gasteiger charge is 2.14. The Morgan fingerprint density at radius 3 is 2.57 bits per heavy atom. The van der Waals surface area contributed by atoms with Crippen molar-refractivity contribution in [1.82, 2.24) is 29.5 Å². The number of hydrogen-bond acceptors (Lipinski definition) is 7. The average Bonchev–Trinajstić information content (AvgIpc) is 3.17. The molecule has 4 heterocycles. The second kappa shape index (κ2) is 4.37. The Kier molecular flexibility index (Phi) is 2.40. The maximum atomic E-state index is 5.92. The summed E-state index contributed by atoms with van der Waals surface area (Å²) in [7, 11) is 0. The van der Waals surface area contributed by atoms with Crippen LogP contribution < -0.4 is 5.73 Å². The Morgan fingerprint density at radius 2 is 1.81 bits per heavy atom. The van der Waals surface area contributed by atoms with Crippen molar-refractivity contribution in [2.24, 2.45) is 0 Å². The van der Waals surface area contributed by atoms with Gasteiger partial charge in [-0.15, -0.1) is 5.10 Å². The van der Waals surface area contributed by atoms with E-state index in [0.717, 1.165) is 5.56 Å². The van der Waals surface area contributed by atoms with Gasteiger partial charge < -0.3 is 10.2 Å². The summed E-state index contributed by atoms with van der Waals surface area (Å²) in [5.74, 6) is 2.00. The minimum Gasteiger partial charge on any atom is -0.461 e. The normalized spacial score (nSPS) is 11.0. The van der Waals surface area contributed by atoms with Crippen molar-refractivity contribution in [3.8, 4) is 23.0 Å². The highest BCUT2D eigenvalue weighted by Crippen LogP contribution is 2.19. The first-order valence-electron chi connectivity index (χ1n) is 6.16. The van der Waals surface area contributed by atoms with Gasteiger partial charge in [-0.3, -0.25) is 4.98 Å². The van der Waals surface area contributed by atoms with Gasteiger partial charge in [0.25, 0.3) is 5.78 Å². The molecule has 21 heavy (non-hydrogen) atoms. The molecule has 0 unspecified atom stereocenters. The van der Waals surface area contributed by atoms with Gasteiger partial charge in [0.15, 0.2) is 11.6 Å². The number of furan rings is 1. The van der Waals surface area contributed by atoms with E-state index in [0.29, 0.717) is 23.2 Å². The van der Waals surface area contributed by atoms with Crippen LogP contribution in [0.1, 0.15) is 0 Å². The molecular weight excluding hydrogens is 270 g/mol. The van der Waals surface area contributed by atoms with Crippen molar-refractivity contribution in [2.75, 3.05) is 5.73 Å². The van der Waals surface area contributed by atoms with Crippen LogP contribution in [-0.2, 0) is 0 Å². The SMILES string of the molecule is Nc1nc(-c2ccncc2)nc2nc(-c3ccco3)nn12. The van der Waals surface area contributed by atoms with Crippen molar-refractivity contribution < 1.29 is 4.42 Å². The van der Waals surface area contributed by atoms with E-state index in [1.54, 1.807) is 42.9 Å². The molecule has 4 aromatic rings. The molecule has 0 aliphatic heterocycles. The predicted molar refractivity (Wildman–Crippen MR) is 73.9 cm³/mol. The Labute approximate surface area is 118 Å². The molecule has 8 nitrogen and oxygen atoms in total. The van der Waals surface area contributed by atoms with Crippen LogP contribution in [0.2, 0.25) is 0 Å². The summed E-state index contributed by atoms with van der Waals surface area (Å²) in [4.78, 5) is 16.9. The molecule has 0 amide bonds. The van der Waals surface area contributed by atoms with E-state index in [4.69, 9.17) is 10.2 Å². The van der Waals surface area contributed by atoms with Crippen molar-refractivity contribution in [3.63, 3.8) is 0 Å². The fourth-order valence-electron chi connectivity index (χ4n) is 1.95. The molecule has 0 aliphatic rings. The second-order valence-electron chi connectivity index (χ2n) is 4.27. The molecule has 0 saturated carbocycles. The highest BCUT2D eigenvalue weighted by molar-refractivity contribution is 5.59. The molecule has 0 radical (unpaired) electrons. The Hall–Kier alpha value is -3.29. The first-order chi connectivity index (χ1) is 10.3. The standard InChI is InChI=1S/C13H9N7O/c14-12-16-10(8-3-5-15-6-4-8)17-13-18-11(19-20(12)13)9-2-1-7-21-9/h1-7H,(H2,14,16,17,18,19). The maximum Gasteiger partial charge on any atom is 0.258 e. The third-order valence-corrected chi connectivity index (χ3v) is 2.91. The number of nitrogen functional groups attached to an aromatic ring is 1. The highest BCUT2D eigenvalue weighted by atomic mass is 16.3. The first-order valence-corrected chi connectivity index (χ1v) is 6.16. The monoisotopic (exact) mass is 279 g/mol. The predicted octanol–water partition coefficient (Wildman–Crippen LogP) is 1.42. The largest absolute Gasteiger partial charge is 0.461 e. The topological polar surface area (TPSA) is 108 Å². The summed E-state index contributed by atoms with van der Waals surface area (Å²) >= 11 is 0. The van der Waals surface area contributed by atoms with E-state index in [1.807, 2.05) is 0 Å². The zero-order valence-electron chi connectivity index (χ0n) is 10.7. The first kappa shape index (κ1) is 11.5. The molecule has 0 fully saturated rings. The van der Waals surface area contributed by atoms with Crippen LogP contribution in [-0.4, -0.2) is 29.5 Å². The minimum absolute atomic E-state index is 0.206.